The molecule has 1 fully saturated rings. The highest BCUT2D eigenvalue weighted by Crippen LogP contribution is 2.24. The number of amides is 1. The molecule has 0 aromatic heterocycles. The minimum Gasteiger partial charge on any atom is -0.483 e. The standard InChI is InChI=1S/C22H28N2O4S/c1-17-15-20(29(26,27)23-18-9-5-3-6-10-18)13-14-21(17)28-16-22(25)24(2)19-11-7-4-8-12-19/h4,7-8,11-15,18,23H,3,5-6,9-10,16H2,1-2H3. The molecule has 0 saturated heterocycles. The highest BCUT2D eigenvalue weighted by molar-refractivity contribution is 7.89. The van der Waals surface area contributed by atoms with Crippen molar-refractivity contribution >= 4 is 21.6 Å². The number of ether oxygens (including phenoxy) is 1. The zero-order chi connectivity index (χ0) is 20.9. The van der Waals surface area contributed by atoms with Gasteiger partial charge < -0.3 is 9.64 Å². The van der Waals surface area contributed by atoms with Gasteiger partial charge in [-0.2, -0.15) is 0 Å². The summed E-state index contributed by atoms with van der Waals surface area (Å²) in [5, 5.41) is 0. The van der Waals surface area contributed by atoms with Gasteiger partial charge in [0.25, 0.3) is 5.91 Å². The quantitative estimate of drug-likeness (QED) is 0.748. The van der Waals surface area contributed by atoms with Crippen LogP contribution in [0.2, 0.25) is 0 Å². The van der Waals surface area contributed by atoms with Crippen molar-refractivity contribution in [3.8, 4) is 5.75 Å². The van der Waals surface area contributed by atoms with E-state index in [0.717, 1.165) is 31.4 Å². The van der Waals surface area contributed by atoms with E-state index in [2.05, 4.69) is 4.72 Å². The van der Waals surface area contributed by atoms with E-state index in [1.807, 2.05) is 30.3 Å². The van der Waals surface area contributed by atoms with Gasteiger partial charge >= 0.3 is 0 Å². The third-order valence-electron chi connectivity index (χ3n) is 5.25. The summed E-state index contributed by atoms with van der Waals surface area (Å²) in [6.07, 6.45) is 5.06. The highest BCUT2D eigenvalue weighted by Gasteiger charge is 2.22. The molecule has 3 rings (SSSR count). The fraction of sp³-hybridized carbons (Fsp3) is 0.409. The number of rotatable bonds is 7. The largest absolute Gasteiger partial charge is 0.483 e. The van der Waals surface area contributed by atoms with Gasteiger partial charge in [-0.3, -0.25) is 4.79 Å². The number of nitrogens with one attached hydrogen (secondary N) is 1. The second-order valence-corrected chi connectivity index (χ2v) is 9.17. The molecule has 2 aromatic carbocycles. The van der Waals surface area contributed by atoms with E-state index >= 15 is 0 Å². The molecule has 29 heavy (non-hydrogen) atoms. The summed E-state index contributed by atoms with van der Waals surface area (Å²) in [4.78, 5) is 14.1. The first-order valence-corrected chi connectivity index (χ1v) is 11.4. The maximum Gasteiger partial charge on any atom is 0.264 e. The van der Waals surface area contributed by atoms with E-state index in [-0.39, 0.29) is 23.5 Å². The maximum atomic E-state index is 12.7. The van der Waals surface area contributed by atoms with Gasteiger partial charge in [0.15, 0.2) is 6.61 Å². The molecule has 0 aliphatic heterocycles. The van der Waals surface area contributed by atoms with Crippen LogP contribution in [0, 0.1) is 6.92 Å². The monoisotopic (exact) mass is 416 g/mol. The molecule has 7 heteroatoms. The number of hydrogen-bond donors (Lipinski definition) is 1. The van der Waals surface area contributed by atoms with Crippen LogP contribution in [0.4, 0.5) is 5.69 Å². The van der Waals surface area contributed by atoms with Gasteiger partial charge in [0.1, 0.15) is 5.75 Å². The Morgan fingerprint density at radius 3 is 2.45 bits per heavy atom. The Kier molecular flexibility index (Phi) is 6.92. The summed E-state index contributed by atoms with van der Waals surface area (Å²) in [6.45, 7) is 1.65. The van der Waals surface area contributed by atoms with E-state index in [4.69, 9.17) is 4.74 Å². The van der Waals surface area contributed by atoms with Crippen LogP contribution in [0.5, 0.6) is 5.75 Å². The SMILES string of the molecule is Cc1cc(S(=O)(=O)NC2CCCCC2)ccc1OCC(=O)N(C)c1ccccc1. The first kappa shape index (κ1) is 21.3. The molecule has 0 bridgehead atoms. The van der Waals surface area contributed by atoms with E-state index < -0.39 is 10.0 Å². The number of carbonyl (C=O) groups is 1. The van der Waals surface area contributed by atoms with Gasteiger partial charge in [0.2, 0.25) is 10.0 Å². The molecule has 1 saturated carbocycles. The summed E-state index contributed by atoms with van der Waals surface area (Å²) >= 11 is 0. The average molecular weight is 417 g/mol. The molecule has 156 valence electrons. The predicted octanol–water partition coefficient (Wildman–Crippen LogP) is 3.65. The van der Waals surface area contributed by atoms with Crippen molar-refractivity contribution in [2.45, 2.75) is 50.0 Å². The lowest BCUT2D eigenvalue weighted by atomic mass is 9.96. The zero-order valence-corrected chi connectivity index (χ0v) is 17.7. The summed E-state index contributed by atoms with van der Waals surface area (Å²) in [7, 11) is -1.87. The van der Waals surface area contributed by atoms with E-state index in [0.29, 0.717) is 11.3 Å². The van der Waals surface area contributed by atoms with Crippen molar-refractivity contribution < 1.29 is 17.9 Å². The van der Waals surface area contributed by atoms with Crippen molar-refractivity contribution in [2.75, 3.05) is 18.6 Å². The Labute approximate surface area is 172 Å². The minimum atomic E-state index is -3.56. The van der Waals surface area contributed by atoms with E-state index in [1.165, 1.54) is 17.4 Å². The van der Waals surface area contributed by atoms with E-state index in [1.54, 1.807) is 26.1 Å². The van der Waals surface area contributed by atoms with Crippen molar-refractivity contribution in [3.05, 3.63) is 54.1 Å². The summed E-state index contributed by atoms with van der Waals surface area (Å²) in [6, 6.07) is 14.1. The van der Waals surface area contributed by atoms with Crippen molar-refractivity contribution in [3.63, 3.8) is 0 Å². The van der Waals surface area contributed by atoms with Crippen LogP contribution >= 0.6 is 0 Å². The number of para-hydroxylation sites is 1. The van der Waals surface area contributed by atoms with Gasteiger partial charge in [-0.1, -0.05) is 37.5 Å². The molecule has 1 amide bonds. The molecule has 0 atom stereocenters. The highest BCUT2D eigenvalue weighted by atomic mass is 32.2. The second-order valence-electron chi connectivity index (χ2n) is 7.46. The van der Waals surface area contributed by atoms with Crippen LogP contribution in [-0.4, -0.2) is 34.0 Å². The number of likely N-dealkylation sites (N-methyl/N-ethyl adjacent to an activating group) is 1. The third kappa shape index (κ3) is 5.58. The molecule has 0 spiro atoms. The van der Waals surface area contributed by atoms with Crippen LogP contribution < -0.4 is 14.4 Å². The first-order chi connectivity index (χ1) is 13.9. The number of aryl methyl sites for hydroxylation is 1. The Balaban J connectivity index is 1.62. The topological polar surface area (TPSA) is 75.7 Å². The Bertz CT molecular complexity index is 939. The van der Waals surface area contributed by atoms with Gasteiger partial charge in [-0.05, 0) is 55.7 Å². The van der Waals surface area contributed by atoms with Crippen molar-refractivity contribution in [1.29, 1.82) is 0 Å². The summed E-state index contributed by atoms with van der Waals surface area (Å²) < 4.78 is 33.8. The molecule has 1 aliphatic carbocycles. The predicted molar refractivity (Wildman–Crippen MR) is 114 cm³/mol. The van der Waals surface area contributed by atoms with Gasteiger partial charge in [0, 0.05) is 18.8 Å². The van der Waals surface area contributed by atoms with Gasteiger partial charge in [-0.25, -0.2) is 13.1 Å². The molecule has 0 unspecified atom stereocenters. The molecule has 2 aromatic rings. The molecule has 6 nitrogen and oxygen atoms in total. The Morgan fingerprint density at radius 2 is 1.79 bits per heavy atom. The number of benzene rings is 2. The average Bonchev–Trinajstić information content (AvgIpc) is 2.73. The Morgan fingerprint density at radius 1 is 1.10 bits per heavy atom. The second kappa shape index (κ2) is 9.41. The third-order valence-corrected chi connectivity index (χ3v) is 6.77. The Hall–Kier alpha value is -2.38. The number of anilines is 1. The normalized spacial score (nSPS) is 15.1. The number of hydrogen-bond acceptors (Lipinski definition) is 4. The number of carbonyl (C=O) groups excluding carboxylic acids is 1. The smallest absolute Gasteiger partial charge is 0.264 e. The molecule has 0 radical (unpaired) electrons. The lowest BCUT2D eigenvalue weighted by molar-refractivity contribution is -0.120. The molecule has 1 N–H and O–H groups in total. The first-order valence-electron chi connectivity index (χ1n) is 9.94. The van der Waals surface area contributed by atoms with Crippen molar-refractivity contribution in [1.82, 2.24) is 4.72 Å². The molecular formula is C22H28N2O4S. The lowest BCUT2D eigenvalue weighted by Crippen LogP contribution is -2.36. The zero-order valence-electron chi connectivity index (χ0n) is 16.9. The van der Waals surface area contributed by atoms with Gasteiger partial charge in [-0.15, -0.1) is 0 Å². The summed E-state index contributed by atoms with van der Waals surface area (Å²) in [5.74, 6) is 0.308. The van der Waals surface area contributed by atoms with Crippen LogP contribution in [0.25, 0.3) is 0 Å². The fourth-order valence-electron chi connectivity index (χ4n) is 3.49. The number of sulfonamides is 1. The molecule has 0 heterocycles. The summed E-state index contributed by atoms with van der Waals surface area (Å²) in [5.41, 5.74) is 1.46. The van der Waals surface area contributed by atoms with Crippen LogP contribution in [0.15, 0.2) is 53.4 Å². The van der Waals surface area contributed by atoms with Crippen LogP contribution in [0.1, 0.15) is 37.7 Å². The lowest BCUT2D eigenvalue weighted by Gasteiger charge is -2.23. The maximum absolute atomic E-state index is 12.7. The minimum absolute atomic E-state index is 0.0103. The number of nitrogens with zero attached hydrogens (tertiary/aromatic N) is 1. The van der Waals surface area contributed by atoms with Crippen molar-refractivity contribution in [2.24, 2.45) is 0 Å². The van der Waals surface area contributed by atoms with Gasteiger partial charge in [0.05, 0.1) is 4.90 Å². The van der Waals surface area contributed by atoms with Crippen LogP contribution in [-0.2, 0) is 14.8 Å². The van der Waals surface area contributed by atoms with E-state index in [9.17, 15) is 13.2 Å². The molecular weight excluding hydrogens is 388 g/mol. The molecule has 1 aliphatic rings. The van der Waals surface area contributed by atoms with Crippen LogP contribution in [0.3, 0.4) is 0 Å². The fourth-order valence-corrected chi connectivity index (χ4v) is 4.88.